The van der Waals surface area contributed by atoms with Gasteiger partial charge in [0, 0.05) is 5.69 Å². The van der Waals surface area contributed by atoms with Crippen LogP contribution in [0.5, 0.6) is 11.5 Å². The van der Waals surface area contributed by atoms with Crippen LogP contribution < -0.4 is 20.1 Å². The summed E-state index contributed by atoms with van der Waals surface area (Å²) in [6.45, 7) is -1.09. The molecule has 0 atom stereocenters. The van der Waals surface area contributed by atoms with Gasteiger partial charge in [0.05, 0.1) is 7.11 Å². The van der Waals surface area contributed by atoms with Crippen LogP contribution in [0.15, 0.2) is 48.2 Å². The van der Waals surface area contributed by atoms with Crippen molar-refractivity contribution in [3.05, 3.63) is 59.5 Å². The molecule has 3 rings (SSSR count). The molecule has 2 aromatic rings. The van der Waals surface area contributed by atoms with Gasteiger partial charge in [0.1, 0.15) is 18.1 Å². The van der Waals surface area contributed by atoms with Gasteiger partial charge in [-0.05, 0) is 48.0 Å². The number of amides is 4. The summed E-state index contributed by atoms with van der Waals surface area (Å²) in [6, 6.07) is 9.00. The Morgan fingerprint density at radius 3 is 2.53 bits per heavy atom. The Morgan fingerprint density at radius 2 is 1.88 bits per heavy atom. The summed E-state index contributed by atoms with van der Waals surface area (Å²) >= 11 is 0. The lowest BCUT2D eigenvalue weighted by atomic mass is 10.1. The minimum absolute atomic E-state index is 0.0920. The van der Waals surface area contributed by atoms with Gasteiger partial charge in [-0.25, -0.2) is 14.1 Å². The molecule has 1 saturated heterocycles. The molecule has 0 unspecified atom stereocenters. The Labute approximate surface area is 181 Å². The largest absolute Gasteiger partial charge is 0.493 e. The van der Waals surface area contributed by atoms with E-state index in [1.54, 1.807) is 6.07 Å². The number of rotatable bonds is 8. The topological polar surface area (TPSA) is 134 Å². The van der Waals surface area contributed by atoms with Gasteiger partial charge < -0.3 is 25.2 Å². The maximum atomic E-state index is 12.9. The number of urea groups is 1. The number of carboxylic acid groups (broad SMARTS) is 1. The third kappa shape index (κ3) is 5.39. The highest BCUT2D eigenvalue weighted by atomic mass is 19.1. The van der Waals surface area contributed by atoms with Crippen LogP contribution in [0.2, 0.25) is 0 Å². The number of hydrogen-bond donors (Lipinski definition) is 3. The first-order valence-electron chi connectivity index (χ1n) is 9.19. The number of carbonyl (C=O) groups excluding carboxylic acids is 3. The summed E-state index contributed by atoms with van der Waals surface area (Å²) in [4.78, 5) is 47.4. The first-order valence-corrected chi connectivity index (χ1v) is 9.19. The Balaban J connectivity index is 1.67. The average molecular weight is 443 g/mol. The number of nitrogens with zero attached hydrogens (tertiary/aromatic N) is 1. The number of imide groups is 1. The zero-order valence-electron chi connectivity index (χ0n) is 16.8. The summed E-state index contributed by atoms with van der Waals surface area (Å²) < 4.78 is 23.6. The van der Waals surface area contributed by atoms with Gasteiger partial charge in [0.25, 0.3) is 11.8 Å². The van der Waals surface area contributed by atoms with Crippen LogP contribution >= 0.6 is 0 Å². The fourth-order valence-corrected chi connectivity index (χ4v) is 2.78. The maximum Gasteiger partial charge on any atom is 0.329 e. The molecule has 11 heteroatoms. The molecule has 0 aromatic heterocycles. The Kier molecular flexibility index (Phi) is 6.68. The molecular formula is C21H18FN3O7. The summed E-state index contributed by atoms with van der Waals surface area (Å²) in [6.07, 6.45) is 1.36. The van der Waals surface area contributed by atoms with Crippen molar-refractivity contribution in [1.82, 2.24) is 10.2 Å². The van der Waals surface area contributed by atoms with E-state index in [-0.39, 0.29) is 23.8 Å². The van der Waals surface area contributed by atoms with E-state index >= 15 is 0 Å². The molecular weight excluding hydrogens is 425 g/mol. The molecule has 1 aliphatic heterocycles. The molecule has 2 aromatic carbocycles. The molecule has 0 bridgehead atoms. The number of methoxy groups -OCH3 is 1. The number of aliphatic carboxylic acids is 1. The third-order valence-electron chi connectivity index (χ3n) is 4.24. The van der Waals surface area contributed by atoms with E-state index < -0.39 is 36.2 Å². The van der Waals surface area contributed by atoms with E-state index in [4.69, 9.17) is 14.6 Å². The van der Waals surface area contributed by atoms with Gasteiger partial charge in [-0.2, -0.15) is 0 Å². The standard InChI is InChI=1S/C21H18FN3O7/c1-31-17-9-12(8-15-20(29)25(10-19(27)28)21(30)24-15)2-7-16(17)32-11-18(26)23-14-5-3-13(22)4-6-14/h2-9H,10-11H2,1H3,(H,23,26)(H,24,30)(H,27,28)/b15-8+. The van der Waals surface area contributed by atoms with E-state index in [0.717, 1.165) is 0 Å². The van der Waals surface area contributed by atoms with Gasteiger partial charge >= 0.3 is 12.0 Å². The molecule has 1 fully saturated rings. The number of halogens is 1. The molecule has 1 heterocycles. The molecule has 0 radical (unpaired) electrons. The Bertz CT molecular complexity index is 1100. The van der Waals surface area contributed by atoms with E-state index in [1.165, 1.54) is 49.6 Å². The maximum absolute atomic E-state index is 12.9. The van der Waals surface area contributed by atoms with Crippen molar-refractivity contribution in [2.45, 2.75) is 0 Å². The van der Waals surface area contributed by atoms with Crippen LogP contribution in [-0.4, -0.2) is 54.1 Å². The predicted octanol–water partition coefficient (Wildman–Crippen LogP) is 1.83. The highest BCUT2D eigenvalue weighted by Crippen LogP contribution is 2.29. The van der Waals surface area contributed by atoms with Crippen molar-refractivity contribution >= 4 is 35.6 Å². The fraction of sp³-hybridized carbons (Fsp3) is 0.143. The minimum atomic E-state index is -1.32. The number of anilines is 1. The quantitative estimate of drug-likeness (QED) is 0.419. The van der Waals surface area contributed by atoms with Gasteiger partial charge in [-0.1, -0.05) is 6.07 Å². The number of carboxylic acids is 1. The molecule has 0 spiro atoms. The normalized spacial score (nSPS) is 14.3. The summed E-state index contributed by atoms with van der Waals surface area (Å²) in [5.41, 5.74) is 0.783. The van der Waals surface area contributed by atoms with Crippen LogP contribution in [0, 0.1) is 5.82 Å². The molecule has 1 aliphatic rings. The van der Waals surface area contributed by atoms with Crippen molar-refractivity contribution in [2.24, 2.45) is 0 Å². The molecule has 32 heavy (non-hydrogen) atoms. The summed E-state index contributed by atoms with van der Waals surface area (Å²) in [7, 11) is 1.38. The number of ether oxygens (including phenoxy) is 2. The SMILES string of the molecule is COc1cc(/C=C2/NC(=O)N(CC(=O)O)C2=O)ccc1OCC(=O)Nc1ccc(F)cc1. The minimum Gasteiger partial charge on any atom is -0.493 e. The Morgan fingerprint density at radius 1 is 1.16 bits per heavy atom. The second kappa shape index (κ2) is 9.60. The molecule has 10 nitrogen and oxygen atoms in total. The lowest BCUT2D eigenvalue weighted by Crippen LogP contribution is -2.35. The zero-order valence-corrected chi connectivity index (χ0v) is 16.8. The van der Waals surface area contributed by atoms with Gasteiger partial charge in [-0.15, -0.1) is 0 Å². The van der Waals surface area contributed by atoms with Crippen molar-refractivity contribution in [2.75, 3.05) is 25.6 Å². The molecule has 4 amide bonds. The molecule has 0 aliphatic carbocycles. The molecule has 166 valence electrons. The summed E-state index contributed by atoms with van der Waals surface area (Å²) in [5, 5.41) is 13.7. The predicted molar refractivity (Wildman–Crippen MR) is 109 cm³/mol. The van der Waals surface area contributed by atoms with Crippen LogP contribution in [0.3, 0.4) is 0 Å². The first-order chi connectivity index (χ1) is 15.3. The number of hydrogen-bond acceptors (Lipinski definition) is 6. The second-order valence-electron chi connectivity index (χ2n) is 6.53. The number of carbonyl (C=O) groups is 4. The highest BCUT2D eigenvalue weighted by molar-refractivity contribution is 6.15. The molecule has 3 N–H and O–H groups in total. The monoisotopic (exact) mass is 443 g/mol. The van der Waals surface area contributed by atoms with Crippen molar-refractivity contribution in [3.8, 4) is 11.5 Å². The smallest absolute Gasteiger partial charge is 0.329 e. The van der Waals surface area contributed by atoms with Crippen LogP contribution in [0.4, 0.5) is 14.9 Å². The van der Waals surface area contributed by atoms with Gasteiger partial charge in [0.15, 0.2) is 18.1 Å². The fourth-order valence-electron chi connectivity index (χ4n) is 2.78. The van der Waals surface area contributed by atoms with Crippen LogP contribution in [0.1, 0.15) is 5.56 Å². The van der Waals surface area contributed by atoms with E-state index in [2.05, 4.69) is 10.6 Å². The zero-order chi connectivity index (χ0) is 23.3. The van der Waals surface area contributed by atoms with Gasteiger partial charge in [-0.3, -0.25) is 14.4 Å². The Hall–Kier alpha value is -4.41. The van der Waals surface area contributed by atoms with E-state index in [0.29, 0.717) is 16.2 Å². The molecule has 0 saturated carbocycles. The number of benzene rings is 2. The number of nitrogens with one attached hydrogen (secondary N) is 2. The first kappa shape index (κ1) is 22.3. The lowest BCUT2D eigenvalue weighted by Gasteiger charge is -2.12. The van der Waals surface area contributed by atoms with Crippen molar-refractivity contribution in [3.63, 3.8) is 0 Å². The van der Waals surface area contributed by atoms with Gasteiger partial charge in [0.2, 0.25) is 0 Å². The van der Waals surface area contributed by atoms with Crippen molar-refractivity contribution < 1.29 is 38.1 Å². The van der Waals surface area contributed by atoms with E-state index in [1.807, 2.05) is 0 Å². The van der Waals surface area contributed by atoms with Crippen LogP contribution in [-0.2, 0) is 14.4 Å². The van der Waals surface area contributed by atoms with Crippen LogP contribution in [0.25, 0.3) is 6.08 Å². The lowest BCUT2D eigenvalue weighted by molar-refractivity contribution is -0.140. The summed E-state index contributed by atoms with van der Waals surface area (Å²) in [5.74, 6) is -2.48. The van der Waals surface area contributed by atoms with Crippen molar-refractivity contribution in [1.29, 1.82) is 0 Å². The second-order valence-corrected chi connectivity index (χ2v) is 6.53. The highest BCUT2D eigenvalue weighted by Gasteiger charge is 2.34. The third-order valence-corrected chi connectivity index (χ3v) is 4.24. The van der Waals surface area contributed by atoms with E-state index in [9.17, 15) is 23.6 Å². The average Bonchev–Trinajstić information content (AvgIpc) is 3.01.